The maximum absolute atomic E-state index is 13.2. The number of anilines is 2. The van der Waals surface area contributed by atoms with Crippen molar-refractivity contribution in [3.63, 3.8) is 0 Å². The Labute approximate surface area is 218 Å². The topological polar surface area (TPSA) is 86.5 Å². The van der Waals surface area contributed by atoms with Crippen LogP contribution >= 0.6 is 11.6 Å². The second-order valence-corrected chi connectivity index (χ2v) is 11.5. The fourth-order valence-corrected chi connectivity index (χ4v) is 6.37. The van der Waals surface area contributed by atoms with Gasteiger partial charge in [-0.3, -0.25) is 14.3 Å². The minimum absolute atomic E-state index is 0.133. The van der Waals surface area contributed by atoms with E-state index in [1.54, 1.807) is 4.90 Å². The molecule has 10 nitrogen and oxygen atoms in total. The number of carbonyl (C=O) groups is 1. The molecular weight excluding hydrogens is 497 g/mol. The Kier molecular flexibility index (Phi) is 4.85. The van der Waals surface area contributed by atoms with Gasteiger partial charge < -0.3 is 14.7 Å². The number of halogens is 2. The third kappa shape index (κ3) is 3.51. The van der Waals surface area contributed by atoms with Gasteiger partial charge in [0.05, 0.1) is 24.6 Å². The molecule has 1 aromatic carbocycles. The third-order valence-electron chi connectivity index (χ3n) is 8.10. The quantitative estimate of drug-likeness (QED) is 0.514. The zero-order valence-electron chi connectivity index (χ0n) is 20.7. The van der Waals surface area contributed by atoms with E-state index in [1.165, 1.54) is 12.4 Å². The van der Waals surface area contributed by atoms with Gasteiger partial charge >= 0.3 is 0 Å². The molecule has 1 saturated carbocycles. The van der Waals surface area contributed by atoms with Crippen LogP contribution in [-0.2, 0) is 17.9 Å². The zero-order valence-corrected chi connectivity index (χ0v) is 21.5. The Hall–Kier alpha value is -3.31. The van der Waals surface area contributed by atoms with Crippen LogP contribution < -0.4 is 9.80 Å². The highest BCUT2D eigenvalue weighted by atomic mass is 35.5. The Bertz CT molecular complexity index is 1390. The van der Waals surface area contributed by atoms with Gasteiger partial charge in [-0.2, -0.15) is 0 Å². The zero-order chi connectivity index (χ0) is 25.5. The SMILES string of the molecule is CN(C)C(=O)C1(N2Cc3cc(Cl)ccc3-n3c(nnc3N3CC4(CN(c5ncc(F)cn5)C4)C3)C2)CC1. The van der Waals surface area contributed by atoms with Gasteiger partial charge in [-0.25, -0.2) is 14.4 Å². The molecule has 3 aliphatic heterocycles. The molecule has 3 fully saturated rings. The number of likely N-dealkylation sites (N-methyl/N-ethyl adjacent to an activating group) is 1. The number of rotatable bonds is 4. The van der Waals surface area contributed by atoms with E-state index in [-0.39, 0.29) is 11.3 Å². The van der Waals surface area contributed by atoms with Crippen molar-refractivity contribution in [1.82, 2.24) is 34.5 Å². The summed E-state index contributed by atoms with van der Waals surface area (Å²) in [6.45, 7) is 4.50. The lowest BCUT2D eigenvalue weighted by atomic mass is 9.73. The van der Waals surface area contributed by atoms with Crippen LogP contribution in [0.25, 0.3) is 5.69 Å². The van der Waals surface area contributed by atoms with Crippen molar-refractivity contribution in [1.29, 1.82) is 0 Å². The van der Waals surface area contributed by atoms with Crippen molar-refractivity contribution >= 4 is 29.4 Å². The van der Waals surface area contributed by atoms with E-state index < -0.39 is 11.4 Å². The van der Waals surface area contributed by atoms with Gasteiger partial charge in [-0.15, -0.1) is 10.2 Å². The second-order valence-electron chi connectivity index (χ2n) is 11.0. The lowest BCUT2D eigenvalue weighted by Gasteiger charge is -2.60. The largest absolute Gasteiger partial charge is 0.347 e. The highest BCUT2D eigenvalue weighted by Gasteiger charge is 2.57. The molecule has 37 heavy (non-hydrogen) atoms. The van der Waals surface area contributed by atoms with Gasteiger partial charge in [0.25, 0.3) is 0 Å². The minimum Gasteiger partial charge on any atom is -0.347 e. The maximum Gasteiger partial charge on any atom is 0.242 e. The second kappa shape index (κ2) is 7.84. The number of hydrogen-bond donors (Lipinski definition) is 0. The van der Waals surface area contributed by atoms with Crippen LogP contribution in [0, 0.1) is 11.2 Å². The molecule has 12 heteroatoms. The summed E-state index contributed by atoms with van der Waals surface area (Å²) in [7, 11) is 3.63. The highest BCUT2D eigenvalue weighted by Crippen LogP contribution is 2.47. The number of benzene rings is 1. The summed E-state index contributed by atoms with van der Waals surface area (Å²) >= 11 is 6.42. The van der Waals surface area contributed by atoms with Crippen molar-refractivity contribution in [3.05, 3.63) is 52.8 Å². The molecule has 2 aromatic heterocycles. The molecule has 5 heterocycles. The van der Waals surface area contributed by atoms with Crippen molar-refractivity contribution in [2.75, 3.05) is 50.1 Å². The predicted octanol–water partition coefficient (Wildman–Crippen LogP) is 2.11. The summed E-state index contributed by atoms with van der Waals surface area (Å²) in [4.78, 5) is 29.6. The number of nitrogens with zero attached hydrogens (tertiary/aromatic N) is 9. The molecular formula is C25H27ClFN9O. The van der Waals surface area contributed by atoms with E-state index in [4.69, 9.17) is 11.6 Å². The van der Waals surface area contributed by atoms with Crippen molar-refractivity contribution in [2.24, 2.45) is 5.41 Å². The van der Waals surface area contributed by atoms with Crippen LogP contribution in [0.4, 0.5) is 16.3 Å². The highest BCUT2D eigenvalue weighted by molar-refractivity contribution is 6.30. The molecule has 1 spiro atoms. The number of aromatic nitrogens is 5. The molecule has 2 saturated heterocycles. The number of hydrogen-bond acceptors (Lipinski definition) is 8. The van der Waals surface area contributed by atoms with E-state index in [2.05, 4.69) is 39.4 Å². The van der Waals surface area contributed by atoms with Crippen LogP contribution in [0.1, 0.15) is 24.2 Å². The van der Waals surface area contributed by atoms with Gasteiger partial charge in [0.15, 0.2) is 11.6 Å². The standard InChI is InChI=1S/C25H27ClFN9O/c1-32(2)21(37)25(5-6-25)35-10-16-7-17(26)3-4-19(16)36-20(11-35)30-31-23(36)34-14-24(15-34)12-33(13-24)22-28-8-18(27)9-29-22/h3-4,7-9H,5-6,10-15H2,1-2H3. The molecule has 1 amide bonds. The molecule has 192 valence electrons. The summed E-state index contributed by atoms with van der Waals surface area (Å²) in [5.74, 6) is 1.90. The average molecular weight is 524 g/mol. The third-order valence-corrected chi connectivity index (χ3v) is 8.33. The minimum atomic E-state index is -0.497. The molecule has 4 aliphatic rings. The van der Waals surface area contributed by atoms with Gasteiger partial charge in [-0.05, 0) is 36.6 Å². The first-order valence-corrected chi connectivity index (χ1v) is 12.8. The van der Waals surface area contributed by atoms with Crippen LogP contribution in [0.3, 0.4) is 0 Å². The Morgan fingerprint density at radius 1 is 1.03 bits per heavy atom. The molecule has 7 rings (SSSR count). The summed E-state index contributed by atoms with van der Waals surface area (Å²) in [5, 5.41) is 9.89. The fourth-order valence-electron chi connectivity index (χ4n) is 6.17. The summed E-state index contributed by atoms with van der Waals surface area (Å²) in [6.07, 6.45) is 4.08. The summed E-state index contributed by atoms with van der Waals surface area (Å²) in [5.41, 5.74) is 1.71. The van der Waals surface area contributed by atoms with E-state index in [0.717, 1.165) is 62.0 Å². The van der Waals surface area contributed by atoms with Crippen LogP contribution in [0.2, 0.25) is 5.02 Å². The smallest absolute Gasteiger partial charge is 0.242 e. The van der Waals surface area contributed by atoms with Gasteiger partial charge in [0.2, 0.25) is 17.8 Å². The Morgan fingerprint density at radius 3 is 2.41 bits per heavy atom. The molecule has 0 N–H and O–H groups in total. The molecule has 0 unspecified atom stereocenters. The monoisotopic (exact) mass is 523 g/mol. The molecule has 0 bridgehead atoms. The van der Waals surface area contributed by atoms with E-state index >= 15 is 0 Å². The van der Waals surface area contributed by atoms with E-state index in [9.17, 15) is 9.18 Å². The normalized spacial score (nSPS) is 21.0. The van der Waals surface area contributed by atoms with Crippen LogP contribution in [0.15, 0.2) is 30.6 Å². The van der Waals surface area contributed by atoms with Gasteiger partial charge in [0, 0.05) is 57.3 Å². The van der Waals surface area contributed by atoms with E-state index in [1.807, 2.05) is 32.3 Å². The Morgan fingerprint density at radius 2 is 1.73 bits per heavy atom. The van der Waals surface area contributed by atoms with E-state index in [0.29, 0.717) is 24.1 Å². The average Bonchev–Trinajstić information content (AvgIpc) is 3.56. The van der Waals surface area contributed by atoms with Crippen molar-refractivity contribution in [3.8, 4) is 5.69 Å². The van der Waals surface area contributed by atoms with Gasteiger partial charge in [0.1, 0.15) is 5.54 Å². The van der Waals surface area contributed by atoms with Crippen LogP contribution in [-0.4, -0.2) is 86.3 Å². The number of carbonyl (C=O) groups excluding carboxylic acids is 1. The van der Waals surface area contributed by atoms with Crippen molar-refractivity contribution < 1.29 is 9.18 Å². The molecule has 0 radical (unpaired) electrons. The molecule has 0 atom stereocenters. The first kappa shape index (κ1) is 22.9. The predicted molar refractivity (Wildman–Crippen MR) is 135 cm³/mol. The van der Waals surface area contributed by atoms with Gasteiger partial charge in [-0.1, -0.05) is 11.6 Å². The lowest BCUT2D eigenvalue weighted by molar-refractivity contribution is -0.136. The number of amides is 1. The summed E-state index contributed by atoms with van der Waals surface area (Å²) < 4.78 is 15.3. The summed E-state index contributed by atoms with van der Waals surface area (Å²) in [6, 6.07) is 5.91. The van der Waals surface area contributed by atoms with Crippen LogP contribution in [0.5, 0.6) is 0 Å². The lowest BCUT2D eigenvalue weighted by Crippen LogP contribution is -2.73. The maximum atomic E-state index is 13.2. The first-order chi connectivity index (χ1) is 17.8. The first-order valence-electron chi connectivity index (χ1n) is 12.4. The fraction of sp³-hybridized carbons (Fsp3) is 0.480. The number of fused-ring (bicyclic) bond motifs is 3. The molecule has 3 aromatic rings. The molecule has 1 aliphatic carbocycles. The van der Waals surface area contributed by atoms with Crippen molar-refractivity contribution in [2.45, 2.75) is 31.5 Å². The Balaban J connectivity index is 1.16.